The SMILES string of the molecule is Cc1cc(C)nc(N2CCC3(CCN3C(=O)c3c(F)cccc3-n3nccn3)C2)n1. The average molecular weight is 407 g/mol. The molecule has 0 N–H and O–H groups in total. The van der Waals surface area contributed by atoms with Crippen molar-refractivity contribution >= 4 is 11.9 Å². The van der Waals surface area contributed by atoms with Crippen LogP contribution in [0, 0.1) is 19.7 Å². The van der Waals surface area contributed by atoms with Crippen LogP contribution in [0.5, 0.6) is 0 Å². The van der Waals surface area contributed by atoms with Gasteiger partial charge in [0, 0.05) is 31.0 Å². The minimum absolute atomic E-state index is 0.00822. The number of anilines is 1. The summed E-state index contributed by atoms with van der Waals surface area (Å²) in [6, 6.07) is 6.47. The molecule has 2 saturated heterocycles. The van der Waals surface area contributed by atoms with Gasteiger partial charge in [-0.05, 0) is 44.9 Å². The second kappa shape index (κ2) is 6.86. The summed E-state index contributed by atoms with van der Waals surface area (Å²) in [5.74, 6) is -0.199. The summed E-state index contributed by atoms with van der Waals surface area (Å²) in [4.78, 5) is 27.8. The Labute approximate surface area is 173 Å². The highest BCUT2D eigenvalue weighted by Gasteiger charge is 2.52. The Morgan fingerprint density at radius 1 is 1.07 bits per heavy atom. The van der Waals surface area contributed by atoms with Gasteiger partial charge in [0.1, 0.15) is 17.1 Å². The highest BCUT2D eigenvalue weighted by Crippen LogP contribution is 2.41. The van der Waals surface area contributed by atoms with Gasteiger partial charge in [-0.15, -0.1) is 0 Å². The molecule has 30 heavy (non-hydrogen) atoms. The van der Waals surface area contributed by atoms with Crippen LogP contribution in [-0.4, -0.2) is 60.9 Å². The lowest BCUT2D eigenvalue weighted by atomic mass is 9.83. The zero-order valence-corrected chi connectivity index (χ0v) is 16.9. The number of carbonyl (C=O) groups is 1. The van der Waals surface area contributed by atoms with Crippen LogP contribution in [-0.2, 0) is 0 Å². The molecule has 0 aliphatic carbocycles. The van der Waals surface area contributed by atoms with Gasteiger partial charge in [-0.1, -0.05) is 6.07 Å². The van der Waals surface area contributed by atoms with E-state index in [0.717, 1.165) is 30.8 Å². The maximum Gasteiger partial charge on any atom is 0.259 e. The van der Waals surface area contributed by atoms with E-state index >= 15 is 0 Å². The van der Waals surface area contributed by atoms with Crippen LogP contribution >= 0.6 is 0 Å². The summed E-state index contributed by atoms with van der Waals surface area (Å²) in [6.07, 6.45) is 4.69. The second-order valence-corrected chi connectivity index (χ2v) is 8.01. The summed E-state index contributed by atoms with van der Waals surface area (Å²) in [7, 11) is 0. The number of rotatable bonds is 3. The summed E-state index contributed by atoms with van der Waals surface area (Å²) < 4.78 is 14.8. The molecule has 3 aromatic rings. The molecule has 1 amide bonds. The first kappa shape index (κ1) is 18.7. The van der Waals surface area contributed by atoms with Gasteiger partial charge in [0.05, 0.1) is 17.9 Å². The molecule has 0 bridgehead atoms. The molecule has 2 aliphatic rings. The zero-order chi connectivity index (χ0) is 20.9. The number of benzene rings is 1. The maximum atomic E-state index is 14.8. The lowest BCUT2D eigenvalue weighted by Crippen LogP contribution is -2.63. The van der Waals surface area contributed by atoms with Crippen LogP contribution in [0.3, 0.4) is 0 Å². The van der Waals surface area contributed by atoms with Crippen molar-refractivity contribution in [1.82, 2.24) is 29.9 Å². The lowest BCUT2D eigenvalue weighted by molar-refractivity contribution is 0.00782. The molecule has 0 radical (unpaired) electrons. The number of aromatic nitrogens is 5. The van der Waals surface area contributed by atoms with Gasteiger partial charge in [0.25, 0.3) is 5.91 Å². The molecule has 8 nitrogen and oxygen atoms in total. The zero-order valence-electron chi connectivity index (χ0n) is 16.9. The van der Waals surface area contributed by atoms with E-state index in [1.54, 1.807) is 17.0 Å². The predicted octanol–water partition coefficient (Wildman–Crippen LogP) is 2.31. The molecule has 1 unspecified atom stereocenters. The van der Waals surface area contributed by atoms with Gasteiger partial charge < -0.3 is 9.80 Å². The molecular formula is C21H22FN7O. The standard InChI is InChI=1S/C21H22FN7O/c1-14-12-15(2)26-20(25-14)27-10-6-21(13-27)7-11-28(21)19(30)18-16(22)4-3-5-17(18)29-23-8-9-24-29/h3-5,8-9,12H,6-7,10-11,13H2,1-2H3. The van der Waals surface area contributed by atoms with Crippen LogP contribution in [0.4, 0.5) is 10.3 Å². The van der Waals surface area contributed by atoms with E-state index in [-0.39, 0.29) is 17.0 Å². The number of aryl methyl sites for hydroxylation is 2. The van der Waals surface area contributed by atoms with Crippen molar-refractivity contribution in [2.45, 2.75) is 32.2 Å². The molecule has 1 spiro atoms. The first-order valence-electron chi connectivity index (χ1n) is 10.0. The van der Waals surface area contributed by atoms with Crippen LogP contribution in [0.15, 0.2) is 36.7 Å². The van der Waals surface area contributed by atoms with Gasteiger partial charge in [0.2, 0.25) is 5.95 Å². The maximum absolute atomic E-state index is 14.8. The van der Waals surface area contributed by atoms with E-state index in [1.807, 2.05) is 19.9 Å². The lowest BCUT2D eigenvalue weighted by Gasteiger charge is -2.50. The predicted molar refractivity (Wildman–Crippen MR) is 108 cm³/mol. The molecule has 154 valence electrons. The van der Waals surface area contributed by atoms with Crippen molar-refractivity contribution in [2.75, 3.05) is 24.5 Å². The van der Waals surface area contributed by atoms with E-state index in [4.69, 9.17) is 0 Å². The highest BCUT2D eigenvalue weighted by molar-refractivity contribution is 5.99. The topological polar surface area (TPSA) is 80.0 Å². The van der Waals surface area contributed by atoms with E-state index in [1.165, 1.54) is 23.3 Å². The Balaban J connectivity index is 1.44. The highest BCUT2D eigenvalue weighted by atomic mass is 19.1. The van der Waals surface area contributed by atoms with E-state index in [0.29, 0.717) is 24.7 Å². The molecule has 9 heteroatoms. The fourth-order valence-corrected chi connectivity index (χ4v) is 4.52. The van der Waals surface area contributed by atoms with Crippen LogP contribution < -0.4 is 4.90 Å². The van der Waals surface area contributed by atoms with Gasteiger partial charge in [-0.25, -0.2) is 14.4 Å². The first-order chi connectivity index (χ1) is 14.5. The van der Waals surface area contributed by atoms with Crippen LogP contribution in [0.2, 0.25) is 0 Å². The number of nitrogens with zero attached hydrogens (tertiary/aromatic N) is 7. The fraction of sp³-hybridized carbons (Fsp3) is 0.381. The number of hydrogen-bond acceptors (Lipinski definition) is 6. The van der Waals surface area contributed by atoms with Crippen molar-refractivity contribution in [3.8, 4) is 5.69 Å². The summed E-state index contributed by atoms with van der Waals surface area (Å²) >= 11 is 0. The molecule has 2 fully saturated rings. The molecule has 0 saturated carbocycles. The third kappa shape index (κ3) is 2.92. The van der Waals surface area contributed by atoms with E-state index in [9.17, 15) is 9.18 Å². The van der Waals surface area contributed by atoms with Crippen molar-refractivity contribution in [2.24, 2.45) is 0 Å². The quantitative estimate of drug-likeness (QED) is 0.663. The molecule has 1 atom stereocenters. The second-order valence-electron chi connectivity index (χ2n) is 8.01. The summed E-state index contributed by atoms with van der Waals surface area (Å²) in [5, 5.41) is 8.15. The van der Waals surface area contributed by atoms with Crippen LogP contribution in [0.25, 0.3) is 5.69 Å². The molecular weight excluding hydrogens is 385 g/mol. The monoisotopic (exact) mass is 407 g/mol. The Morgan fingerprint density at radius 2 is 1.77 bits per heavy atom. The molecule has 2 aliphatic heterocycles. The van der Waals surface area contributed by atoms with Crippen molar-refractivity contribution in [1.29, 1.82) is 0 Å². The number of halogens is 1. The van der Waals surface area contributed by atoms with Crippen molar-refractivity contribution in [3.63, 3.8) is 0 Å². The number of carbonyl (C=O) groups excluding carboxylic acids is 1. The van der Waals surface area contributed by atoms with E-state index < -0.39 is 5.82 Å². The van der Waals surface area contributed by atoms with Gasteiger partial charge in [-0.2, -0.15) is 15.0 Å². The minimum atomic E-state index is -0.565. The average Bonchev–Trinajstić information content (AvgIpc) is 3.37. The molecule has 1 aromatic carbocycles. The molecule has 2 aromatic heterocycles. The summed E-state index contributed by atoms with van der Waals surface area (Å²) in [5.41, 5.74) is 1.87. The Hall–Kier alpha value is -3.36. The normalized spacial score (nSPS) is 20.6. The van der Waals surface area contributed by atoms with Gasteiger partial charge in [0.15, 0.2) is 0 Å². The van der Waals surface area contributed by atoms with E-state index in [2.05, 4.69) is 25.1 Å². The molecule has 4 heterocycles. The number of amides is 1. The largest absolute Gasteiger partial charge is 0.338 e. The Morgan fingerprint density at radius 3 is 2.43 bits per heavy atom. The summed E-state index contributed by atoms with van der Waals surface area (Å²) in [6.45, 7) is 5.90. The number of hydrogen-bond donors (Lipinski definition) is 0. The fourth-order valence-electron chi connectivity index (χ4n) is 4.52. The van der Waals surface area contributed by atoms with Crippen LogP contribution in [0.1, 0.15) is 34.6 Å². The van der Waals surface area contributed by atoms with Crippen molar-refractivity contribution in [3.05, 3.63) is 59.4 Å². The van der Waals surface area contributed by atoms with Crippen molar-refractivity contribution < 1.29 is 9.18 Å². The Bertz CT molecular complexity index is 1100. The third-order valence-electron chi connectivity index (χ3n) is 6.04. The Kier molecular flexibility index (Phi) is 4.27. The number of likely N-dealkylation sites (tertiary alicyclic amines) is 1. The molecule has 5 rings (SSSR count). The third-order valence-corrected chi connectivity index (χ3v) is 6.04. The minimum Gasteiger partial charge on any atom is -0.338 e. The first-order valence-corrected chi connectivity index (χ1v) is 10.0. The van der Waals surface area contributed by atoms with Gasteiger partial charge in [-0.3, -0.25) is 4.79 Å². The van der Waals surface area contributed by atoms with Gasteiger partial charge >= 0.3 is 0 Å². The smallest absolute Gasteiger partial charge is 0.259 e.